The molecule has 1 aromatic rings. The number of thioether (sulfide) groups is 1. The fourth-order valence-corrected chi connectivity index (χ4v) is 7.28. The van der Waals surface area contributed by atoms with Crippen molar-refractivity contribution in [3.8, 4) is 0 Å². The minimum Gasteiger partial charge on any atom is -0.457 e. The highest BCUT2D eigenvalue weighted by atomic mass is 32.2. The Bertz CT molecular complexity index is 1100. The number of aromatic nitrogens is 2. The van der Waals surface area contributed by atoms with Gasteiger partial charge in [0.05, 0.1) is 24.4 Å². The molecule has 0 radical (unpaired) electrons. The van der Waals surface area contributed by atoms with E-state index in [1.165, 1.54) is 28.8 Å². The lowest BCUT2D eigenvalue weighted by Crippen LogP contribution is -2.63. The first-order chi connectivity index (χ1) is 18.2. The summed E-state index contributed by atoms with van der Waals surface area (Å²) in [6, 6.07) is -0.274. The van der Waals surface area contributed by atoms with Crippen molar-refractivity contribution in [2.75, 3.05) is 19.8 Å². The van der Waals surface area contributed by atoms with Crippen molar-refractivity contribution in [3.05, 3.63) is 54.6 Å². The monoisotopic (exact) mass is 544 g/mol. The van der Waals surface area contributed by atoms with E-state index in [1.54, 1.807) is 24.3 Å². The largest absolute Gasteiger partial charge is 0.457 e. The van der Waals surface area contributed by atoms with Crippen molar-refractivity contribution in [2.45, 2.75) is 63.1 Å². The Labute approximate surface area is 227 Å². The number of rotatable bonds is 11. The van der Waals surface area contributed by atoms with Crippen LogP contribution in [0.5, 0.6) is 0 Å². The number of esters is 1. The lowest BCUT2D eigenvalue weighted by atomic mass is 9.79. The second-order valence-electron chi connectivity index (χ2n) is 10.1. The highest BCUT2D eigenvalue weighted by Gasteiger charge is 2.60. The summed E-state index contributed by atoms with van der Waals surface area (Å²) in [5.41, 5.74) is 0.243. The van der Waals surface area contributed by atoms with Crippen LogP contribution in [-0.2, 0) is 19.1 Å². The van der Waals surface area contributed by atoms with Gasteiger partial charge in [0.25, 0.3) is 0 Å². The number of β-lactam (4-membered cyclic amide) rings is 1. The average Bonchev–Trinajstić information content (AvgIpc) is 3.60. The summed E-state index contributed by atoms with van der Waals surface area (Å²) in [5.74, 6) is -1.58. The fraction of sp³-hybridized carbons (Fsp3) is 0.556. The van der Waals surface area contributed by atoms with Gasteiger partial charge >= 0.3 is 12.1 Å². The molecule has 4 heterocycles. The zero-order chi connectivity index (χ0) is 27.6. The third kappa shape index (κ3) is 5.26. The number of carbonyl (C=O) groups is 3. The summed E-state index contributed by atoms with van der Waals surface area (Å²) in [7, 11) is 0. The van der Waals surface area contributed by atoms with E-state index in [9.17, 15) is 19.5 Å². The van der Waals surface area contributed by atoms with E-state index in [4.69, 9.17) is 9.47 Å². The van der Waals surface area contributed by atoms with E-state index in [0.29, 0.717) is 19.4 Å². The number of carbonyl (C=O) groups excluding carboxylic acids is 3. The predicted octanol–water partition coefficient (Wildman–Crippen LogP) is 3.13. The standard InChI is InChI=1S/C27H36N4O6S/c1-6-10-36-26(34)23-24(17(4)22-21(18(5)32)25(33)31(22)23)38-20-13-19(12-16(3)29-9-8-28-15-29)30(14-20)27(35)37-11-7-2/h6-9,15-22,32H,1-2,10-14H2,3-5H3/t16-,17+,18+,19+,20-,21+,22+/m0/s1. The highest BCUT2D eigenvalue weighted by molar-refractivity contribution is 8.03. The fourth-order valence-electron chi connectivity index (χ4n) is 5.72. The minimum atomic E-state index is -0.823. The molecule has 3 aliphatic rings. The van der Waals surface area contributed by atoms with Gasteiger partial charge in [-0.3, -0.25) is 4.79 Å². The lowest BCUT2D eigenvalue weighted by molar-refractivity contribution is -0.164. The van der Waals surface area contributed by atoms with Crippen LogP contribution in [-0.4, -0.2) is 85.6 Å². The first kappa shape index (κ1) is 28.0. The summed E-state index contributed by atoms with van der Waals surface area (Å²) in [6.45, 7) is 13.5. The number of fused-ring (bicyclic) bond motifs is 1. The number of amides is 2. The topological polar surface area (TPSA) is 114 Å². The molecule has 206 valence electrons. The second-order valence-corrected chi connectivity index (χ2v) is 11.4. The van der Waals surface area contributed by atoms with Crippen LogP contribution in [0.15, 0.2) is 54.6 Å². The molecular formula is C27H36N4O6S. The van der Waals surface area contributed by atoms with Gasteiger partial charge in [0.15, 0.2) is 0 Å². The molecule has 2 saturated heterocycles. The van der Waals surface area contributed by atoms with Crippen molar-refractivity contribution >= 4 is 29.7 Å². The number of nitrogens with zero attached hydrogens (tertiary/aromatic N) is 4. The Hall–Kier alpha value is -3.05. The number of hydrogen-bond donors (Lipinski definition) is 1. The van der Waals surface area contributed by atoms with Crippen LogP contribution in [0, 0.1) is 11.8 Å². The summed E-state index contributed by atoms with van der Waals surface area (Å²) >= 11 is 1.52. The first-order valence-corrected chi connectivity index (χ1v) is 13.8. The molecule has 0 spiro atoms. The molecule has 2 fully saturated rings. The number of hydrogen-bond acceptors (Lipinski definition) is 8. The molecular weight excluding hydrogens is 508 g/mol. The molecule has 3 aliphatic heterocycles. The quantitative estimate of drug-likeness (QED) is 0.257. The van der Waals surface area contributed by atoms with Crippen LogP contribution in [0.1, 0.15) is 39.7 Å². The van der Waals surface area contributed by atoms with Crippen molar-refractivity contribution in [2.24, 2.45) is 11.8 Å². The maximum Gasteiger partial charge on any atom is 0.410 e. The molecule has 1 aromatic heterocycles. The maximum absolute atomic E-state index is 13.1. The molecule has 11 heteroatoms. The molecule has 7 atom stereocenters. The van der Waals surface area contributed by atoms with Gasteiger partial charge in [0.1, 0.15) is 18.9 Å². The van der Waals surface area contributed by atoms with Crippen molar-refractivity contribution in [3.63, 3.8) is 0 Å². The van der Waals surface area contributed by atoms with Crippen molar-refractivity contribution < 1.29 is 29.0 Å². The van der Waals surface area contributed by atoms with E-state index >= 15 is 0 Å². The predicted molar refractivity (Wildman–Crippen MR) is 143 cm³/mol. The Morgan fingerprint density at radius 3 is 2.61 bits per heavy atom. The Morgan fingerprint density at radius 1 is 1.26 bits per heavy atom. The Morgan fingerprint density at radius 2 is 1.97 bits per heavy atom. The SMILES string of the molecule is C=CCOC(=O)C1=C(S[C@H]2C[C@@H](C[C@H](C)n3ccnc3)N(C(=O)OCC=C)C2)[C@H](C)[C@@H]2[C@@H]([C@@H](C)O)C(=O)N12. The molecule has 2 amide bonds. The molecule has 1 N–H and O–H groups in total. The van der Waals surface area contributed by atoms with Gasteiger partial charge in [-0.15, -0.1) is 11.8 Å². The average molecular weight is 545 g/mol. The zero-order valence-electron chi connectivity index (χ0n) is 22.1. The number of aliphatic hydroxyl groups is 1. The Balaban J connectivity index is 1.57. The lowest BCUT2D eigenvalue weighted by Gasteiger charge is -2.46. The molecule has 0 bridgehead atoms. The normalized spacial score (nSPS) is 28.0. The van der Waals surface area contributed by atoms with E-state index < -0.39 is 24.1 Å². The van der Waals surface area contributed by atoms with E-state index in [0.717, 1.165) is 4.91 Å². The summed E-state index contributed by atoms with van der Waals surface area (Å²) < 4.78 is 12.7. The maximum atomic E-state index is 13.1. The van der Waals surface area contributed by atoms with E-state index in [2.05, 4.69) is 25.1 Å². The van der Waals surface area contributed by atoms with Crippen LogP contribution in [0.25, 0.3) is 0 Å². The zero-order valence-corrected chi connectivity index (χ0v) is 22.9. The van der Waals surface area contributed by atoms with Crippen molar-refractivity contribution in [1.29, 1.82) is 0 Å². The molecule has 0 saturated carbocycles. The number of aliphatic hydroxyl groups excluding tert-OH is 1. The van der Waals surface area contributed by atoms with Crippen LogP contribution in [0.4, 0.5) is 4.79 Å². The van der Waals surface area contributed by atoms with Gasteiger partial charge < -0.3 is 28.9 Å². The molecule has 0 aliphatic carbocycles. The number of ether oxygens (including phenoxy) is 2. The Kier molecular flexibility index (Phi) is 8.67. The molecule has 38 heavy (non-hydrogen) atoms. The van der Waals surface area contributed by atoms with Gasteiger partial charge in [-0.1, -0.05) is 32.2 Å². The second kappa shape index (κ2) is 11.8. The summed E-state index contributed by atoms with van der Waals surface area (Å²) in [6.07, 6.45) is 8.58. The first-order valence-electron chi connectivity index (χ1n) is 12.9. The number of imidazole rings is 1. The molecule has 0 aromatic carbocycles. The molecule has 10 nitrogen and oxygen atoms in total. The van der Waals surface area contributed by atoms with Gasteiger partial charge in [0, 0.05) is 47.1 Å². The summed E-state index contributed by atoms with van der Waals surface area (Å²) in [5, 5.41) is 10.2. The van der Waals surface area contributed by atoms with Gasteiger partial charge in [0.2, 0.25) is 5.91 Å². The van der Waals surface area contributed by atoms with Crippen LogP contribution >= 0.6 is 11.8 Å². The van der Waals surface area contributed by atoms with Gasteiger partial charge in [-0.25, -0.2) is 14.6 Å². The molecule has 4 rings (SSSR count). The molecule has 0 unspecified atom stereocenters. The summed E-state index contributed by atoms with van der Waals surface area (Å²) in [4.78, 5) is 47.1. The van der Waals surface area contributed by atoms with Crippen LogP contribution in [0.2, 0.25) is 0 Å². The van der Waals surface area contributed by atoms with Crippen LogP contribution < -0.4 is 0 Å². The third-order valence-electron chi connectivity index (χ3n) is 7.51. The number of likely N-dealkylation sites (tertiary alicyclic amines) is 1. The smallest absolute Gasteiger partial charge is 0.410 e. The van der Waals surface area contributed by atoms with Gasteiger partial charge in [-0.05, 0) is 26.7 Å². The van der Waals surface area contributed by atoms with E-state index in [1.807, 2.05) is 17.7 Å². The third-order valence-corrected chi connectivity index (χ3v) is 9.00. The van der Waals surface area contributed by atoms with E-state index in [-0.39, 0.29) is 54.1 Å². The van der Waals surface area contributed by atoms with Crippen molar-refractivity contribution in [1.82, 2.24) is 19.4 Å². The highest BCUT2D eigenvalue weighted by Crippen LogP contribution is 2.52. The minimum absolute atomic E-state index is 0.0234. The van der Waals surface area contributed by atoms with Gasteiger partial charge in [-0.2, -0.15) is 0 Å². The van der Waals surface area contributed by atoms with Crippen LogP contribution in [0.3, 0.4) is 0 Å².